The molecule has 1 saturated heterocycles. The predicted molar refractivity (Wildman–Crippen MR) is 53.7 cm³/mol. The fourth-order valence-corrected chi connectivity index (χ4v) is 2.36. The van der Waals surface area contributed by atoms with E-state index >= 15 is 0 Å². The van der Waals surface area contributed by atoms with Crippen molar-refractivity contribution in [2.24, 2.45) is 0 Å². The number of carbonyl (C=O) groups is 1. The zero-order valence-electron chi connectivity index (χ0n) is 7.83. The SMILES string of the molecule is CC(=O)c1nc(N2CCC2)sc1C. The Labute approximate surface area is 81.4 Å². The van der Waals surface area contributed by atoms with Crippen LogP contribution in [0.25, 0.3) is 0 Å². The second-order valence-corrected chi connectivity index (χ2v) is 4.48. The number of aryl methyl sites for hydroxylation is 1. The van der Waals surface area contributed by atoms with Crippen molar-refractivity contribution < 1.29 is 4.79 Å². The summed E-state index contributed by atoms with van der Waals surface area (Å²) in [5, 5.41) is 1.01. The topological polar surface area (TPSA) is 33.2 Å². The second kappa shape index (κ2) is 3.10. The Hall–Kier alpha value is -0.900. The molecule has 0 aliphatic carbocycles. The van der Waals surface area contributed by atoms with Crippen LogP contribution in [0.5, 0.6) is 0 Å². The van der Waals surface area contributed by atoms with Gasteiger partial charge >= 0.3 is 0 Å². The van der Waals surface area contributed by atoms with E-state index in [1.165, 1.54) is 6.42 Å². The van der Waals surface area contributed by atoms with Gasteiger partial charge in [-0.3, -0.25) is 4.79 Å². The zero-order chi connectivity index (χ0) is 9.42. The number of anilines is 1. The summed E-state index contributed by atoms with van der Waals surface area (Å²) in [6.45, 7) is 5.70. The van der Waals surface area contributed by atoms with Gasteiger partial charge < -0.3 is 4.90 Å². The molecule has 0 radical (unpaired) electrons. The lowest BCUT2D eigenvalue weighted by atomic mass is 10.2. The van der Waals surface area contributed by atoms with E-state index in [2.05, 4.69) is 9.88 Å². The van der Waals surface area contributed by atoms with Gasteiger partial charge in [-0.1, -0.05) is 0 Å². The van der Waals surface area contributed by atoms with Gasteiger partial charge in [0.2, 0.25) is 0 Å². The largest absolute Gasteiger partial charge is 0.348 e. The number of aromatic nitrogens is 1. The molecule has 0 unspecified atom stereocenters. The lowest BCUT2D eigenvalue weighted by Crippen LogP contribution is -2.36. The molecule has 1 aliphatic heterocycles. The van der Waals surface area contributed by atoms with Crippen molar-refractivity contribution in [1.82, 2.24) is 4.98 Å². The highest BCUT2D eigenvalue weighted by Gasteiger charge is 2.20. The third-order valence-corrected chi connectivity index (χ3v) is 3.28. The highest BCUT2D eigenvalue weighted by Crippen LogP contribution is 2.28. The third-order valence-electron chi connectivity index (χ3n) is 2.25. The first kappa shape index (κ1) is 8.69. The van der Waals surface area contributed by atoms with E-state index in [1.807, 2.05) is 6.92 Å². The Morgan fingerprint density at radius 3 is 2.62 bits per heavy atom. The Bertz CT molecular complexity index is 341. The Morgan fingerprint density at radius 2 is 2.23 bits per heavy atom. The summed E-state index contributed by atoms with van der Waals surface area (Å²) in [6, 6.07) is 0. The van der Waals surface area contributed by atoms with Gasteiger partial charge in [-0.15, -0.1) is 11.3 Å². The monoisotopic (exact) mass is 196 g/mol. The van der Waals surface area contributed by atoms with Gasteiger partial charge in [0.05, 0.1) is 0 Å². The number of hydrogen-bond acceptors (Lipinski definition) is 4. The van der Waals surface area contributed by atoms with E-state index in [1.54, 1.807) is 18.3 Å². The molecular formula is C9H12N2OS. The van der Waals surface area contributed by atoms with E-state index in [0.29, 0.717) is 5.69 Å². The van der Waals surface area contributed by atoms with Crippen molar-refractivity contribution in [2.75, 3.05) is 18.0 Å². The molecule has 0 aromatic carbocycles. The van der Waals surface area contributed by atoms with Crippen LogP contribution in [0.1, 0.15) is 28.7 Å². The van der Waals surface area contributed by atoms with Crippen LogP contribution in [0.4, 0.5) is 5.13 Å². The summed E-state index contributed by atoms with van der Waals surface area (Å²) in [5.74, 6) is 0.0699. The first-order valence-corrected chi connectivity index (χ1v) is 5.23. The molecule has 70 valence electrons. The van der Waals surface area contributed by atoms with Crippen molar-refractivity contribution in [2.45, 2.75) is 20.3 Å². The summed E-state index contributed by atoms with van der Waals surface area (Å²) >= 11 is 1.62. The van der Waals surface area contributed by atoms with Crippen LogP contribution >= 0.6 is 11.3 Å². The van der Waals surface area contributed by atoms with Gasteiger partial charge in [0, 0.05) is 24.9 Å². The Kier molecular flexibility index (Phi) is 2.07. The molecule has 2 heterocycles. The molecule has 0 bridgehead atoms. The van der Waals surface area contributed by atoms with Crippen LogP contribution < -0.4 is 4.90 Å². The van der Waals surface area contributed by atoms with Crippen molar-refractivity contribution in [1.29, 1.82) is 0 Å². The van der Waals surface area contributed by atoms with Gasteiger partial charge in [0.15, 0.2) is 10.9 Å². The number of carbonyl (C=O) groups excluding carboxylic acids is 1. The summed E-state index contributed by atoms with van der Waals surface area (Å²) in [7, 11) is 0. The molecule has 13 heavy (non-hydrogen) atoms. The maximum Gasteiger partial charge on any atom is 0.186 e. The lowest BCUT2D eigenvalue weighted by Gasteiger charge is -2.30. The van der Waals surface area contributed by atoms with Crippen LogP contribution in [0.2, 0.25) is 0 Å². The van der Waals surface area contributed by atoms with Gasteiger partial charge in [-0.25, -0.2) is 4.98 Å². The van der Waals surface area contributed by atoms with Gasteiger partial charge in [-0.05, 0) is 13.3 Å². The van der Waals surface area contributed by atoms with Gasteiger partial charge in [-0.2, -0.15) is 0 Å². The van der Waals surface area contributed by atoms with Crippen molar-refractivity contribution in [3.63, 3.8) is 0 Å². The smallest absolute Gasteiger partial charge is 0.186 e. The minimum absolute atomic E-state index is 0.0699. The number of rotatable bonds is 2. The molecule has 0 spiro atoms. The second-order valence-electron chi connectivity index (χ2n) is 3.30. The molecule has 4 heteroatoms. The molecule has 3 nitrogen and oxygen atoms in total. The third kappa shape index (κ3) is 1.46. The van der Waals surface area contributed by atoms with Crippen molar-refractivity contribution in [3.8, 4) is 0 Å². The van der Waals surface area contributed by atoms with Crippen LogP contribution in [0, 0.1) is 6.92 Å². The van der Waals surface area contributed by atoms with Crippen LogP contribution in [-0.2, 0) is 0 Å². The lowest BCUT2D eigenvalue weighted by molar-refractivity contribution is 0.101. The van der Waals surface area contributed by atoms with Crippen molar-refractivity contribution in [3.05, 3.63) is 10.6 Å². The number of Topliss-reactive ketones (excluding diaryl/α,β-unsaturated/α-hetero) is 1. The standard InChI is InChI=1S/C9H12N2OS/c1-6(12)8-7(2)13-9(10-8)11-4-3-5-11/h3-5H2,1-2H3. The molecule has 0 atom stereocenters. The molecule has 2 rings (SSSR count). The van der Waals surface area contributed by atoms with E-state index < -0.39 is 0 Å². The van der Waals surface area contributed by atoms with Gasteiger partial charge in [0.25, 0.3) is 0 Å². The summed E-state index contributed by atoms with van der Waals surface area (Å²) in [5.41, 5.74) is 0.645. The molecule has 0 amide bonds. The molecule has 1 aliphatic rings. The molecular weight excluding hydrogens is 184 g/mol. The summed E-state index contributed by atoms with van der Waals surface area (Å²) < 4.78 is 0. The number of hydrogen-bond donors (Lipinski definition) is 0. The Morgan fingerprint density at radius 1 is 1.54 bits per heavy atom. The molecule has 0 N–H and O–H groups in total. The van der Waals surface area contributed by atoms with Crippen LogP contribution in [-0.4, -0.2) is 23.9 Å². The fourth-order valence-electron chi connectivity index (χ4n) is 1.35. The number of nitrogens with zero attached hydrogens (tertiary/aromatic N) is 2. The summed E-state index contributed by atoms with van der Waals surface area (Å²) in [6.07, 6.45) is 1.24. The number of thiazole rings is 1. The first-order chi connectivity index (χ1) is 6.18. The maximum absolute atomic E-state index is 11.1. The Balaban J connectivity index is 2.28. The fraction of sp³-hybridized carbons (Fsp3) is 0.556. The van der Waals surface area contributed by atoms with E-state index in [4.69, 9.17) is 0 Å². The van der Waals surface area contributed by atoms with Crippen LogP contribution in [0.3, 0.4) is 0 Å². The van der Waals surface area contributed by atoms with Gasteiger partial charge in [0.1, 0.15) is 5.69 Å². The highest BCUT2D eigenvalue weighted by molar-refractivity contribution is 7.15. The average Bonchev–Trinajstić information content (AvgIpc) is 2.27. The average molecular weight is 196 g/mol. The zero-order valence-corrected chi connectivity index (χ0v) is 8.65. The molecule has 1 fully saturated rings. The maximum atomic E-state index is 11.1. The highest BCUT2D eigenvalue weighted by atomic mass is 32.1. The van der Waals surface area contributed by atoms with Crippen LogP contribution in [0.15, 0.2) is 0 Å². The van der Waals surface area contributed by atoms with E-state index in [9.17, 15) is 4.79 Å². The molecule has 1 aromatic heterocycles. The minimum atomic E-state index is 0.0699. The van der Waals surface area contributed by atoms with E-state index in [-0.39, 0.29) is 5.78 Å². The predicted octanol–water partition coefficient (Wildman–Crippen LogP) is 1.86. The first-order valence-electron chi connectivity index (χ1n) is 4.42. The molecule has 1 aromatic rings. The molecule has 0 saturated carbocycles. The minimum Gasteiger partial charge on any atom is -0.348 e. The van der Waals surface area contributed by atoms with E-state index in [0.717, 1.165) is 23.1 Å². The van der Waals surface area contributed by atoms with Crippen molar-refractivity contribution >= 4 is 22.3 Å². The number of ketones is 1. The summed E-state index contributed by atoms with van der Waals surface area (Å²) in [4.78, 5) is 18.7. The normalized spacial score (nSPS) is 15.7. The quantitative estimate of drug-likeness (QED) is 0.677.